The zero-order valence-corrected chi connectivity index (χ0v) is 15.7. The number of ether oxygens (including phenoxy) is 1. The minimum atomic E-state index is -4.61. The van der Waals surface area contributed by atoms with Crippen LogP contribution in [0.1, 0.15) is 63.4 Å². The molecule has 0 bridgehead atoms. The van der Waals surface area contributed by atoms with Gasteiger partial charge in [0.15, 0.2) is 0 Å². The molecule has 0 aromatic heterocycles. The summed E-state index contributed by atoms with van der Waals surface area (Å²) in [6.45, 7) is 2.25. The number of halogens is 3. The van der Waals surface area contributed by atoms with Crippen LogP contribution >= 0.6 is 0 Å². The predicted molar refractivity (Wildman–Crippen MR) is 95.4 cm³/mol. The summed E-state index contributed by atoms with van der Waals surface area (Å²) in [5.74, 6) is 0.398. The van der Waals surface area contributed by atoms with Crippen molar-refractivity contribution in [2.45, 2.75) is 82.3 Å². The maximum absolute atomic E-state index is 12.2. The highest BCUT2D eigenvalue weighted by Crippen LogP contribution is 2.36. The molecule has 0 N–H and O–H groups in total. The molecular weight excluding hydrogens is 329 g/mol. The second-order valence-electron chi connectivity index (χ2n) is 7.04. The normalized spacial score (nSPS) is 21.7. The average Bonchev–Trinajstić information content (AvgIpc) is 2.55. The van der Waals surface area contributed by atoms with Crippen molar-refractivity contribution in [2.75, 3.05) is 0 Å². The topological polar surface area (TPSA) is 9.23 Å². The molecule has 1 heterocycles. The molecule has 0 saturated carbocycles. The fourth-order valence-corrected chi connectivity index (χ4v) is 7.24. The van der Waals surface area contributed by atoms with Gasteiger partial charge in [0, 0.05) is 8.80 Å². The van der Waals surface area contributed by atoms with Crippen LogP contribution < -0.4 is 4.74 Å². The second-order valence-corrected chi connectivity index (χ2v) is 10.5. The molecule has 1 saturated heterocycles. The maximum Gasteiger partial charge on any atom is 0.573 e. The first-order chi connectivity index (χ1) is 11.5. The van der Waals surface area contributed by atoms with Gasteiger partial charge < -0.3 is 4.74 Å². The summed E-state index contributed by atoms with van der Waals surface area (Å²) in [6.07, 6.45) is 4.66. The molecule has 1 aromatic rings. The fourth-order valence-electron chi connectivity index (χ4n) is 3.76. The average molecular weight is 359 g/mol. The minimum Gasteiger partial charge on any atom is -0.406 e. The van der Waals surface area contributed by atoms with Crippen molar-refractivity contribution in [3.05, 3.63) is 29.8 Å². The van der Waals surface area contributed by atoms with E-state index in [1.54, 1.807) is 12.1 Å². The van der Waals surface area contributed by atoms with Crippen molar-refractivity contribution < 1.29 is 17.9 Å². The summed E-state index contributed by atoms with van der Waals surface area (Å²) in [5, 5.41) is 0. The first-order valence-electron chi connectivity index (χ1n) is 9.33. The molecule has 0 amide bonds. The molecule has 1 aliphatic heterocycles. The molecule has 2 rings (SSSR count). The van der Waals surface area contributed by atoms with Crippen molar-refractivity contribution in [3.63, 3.8) is 0 Å². The molecule has 1 nitrogen and oxygen atoms in total. The largest absolute Gasteiger partial charge is 0.573 e. The van der Waals surface area contributed by atoms with Gasteiger partial charge in [0.25, 0.3) is 0 Å². The summed E-state index contributed by atoms with van der Waals surface area (Å²) < 4.78 is 40.5. The monoisotopic (exact) mass is 358 g/mol. The highest BCUT2D eigenvalue weighted by Gasteiger charge is 2.31. The van der Waals surface area contributed by atoms with Crippen molar-refractivity contribution >= 4 is 8.80 Å². The van der Waals surface area contributed by atoms with Crippen LogP contribution in [0.2, 0.25) is 18.1 Å². The molecule has 0 unspecified atom stereocenters. The van der Waals surface area contributed by atoms with Gasteiger partial charge in [0.2, 0.25) is 0 Å². The molecule has 0 atom stereocenters. The Morgan fingerprint density at radius 1 is 1.00 bits per heavy atom. The maximum atomic E-state index is 12.2. The SMILES string of the molecule is CCCCCCC[SiH]1CCC(c2ccc(OC(F)(F)F)cc2)CC1. The molecule has 0 spiro atoms. The van der Waals surface area contributed by atoms with Crippen LogP contribution in [0.5, 0.6) is 5.75 Å². The molecular formula is C19H29F3OSi. The van der Waals surface area contributed by atoms with Crippen molar-refractivity contribution in [2.24, 2.45) is 0 Å². The van der Waals surface area contributed by atoms with Gasteiger partial charge in [0.05, 0.1) is 0 Å². The van der Waals surface area contributed by atoms with Crippen LogP contribution in [0.4, 0.5) is 13.2 Å². The Morgan fingerprint density at radius 2 is 1.62 bits per heavy atom. The third kappa shape index (κ3) is 6.87. The number of benzene rings is 1. The van der Waals surface area contributed by atoms with E-state index < -0.39 is 15.2 Å². The molecule has 1 fully saturated rings. The van der Waals surface area contributed by atoms with E-state index >= 15 is 0 Å². The van der Waals surface area contributed by atoms with E-state index in [-0.39, 0.29) is 5.75 Å². The lowest BCUT2D eigenvalue weighted by molar-refractivity contribution is -0.274. The molecule has 1 aliphatic rings. The van der Waals surface area contributed by atoms with Gasteiger partial charge in [-0.2, -0.15) is 0 Å². The number of alkyl halides is 3. The van der Waals surface area contributed by atoms with Crippen LogP contribution in [-0.2, 0) is 0 Å². The third-order valence-corrected chi connectivity index (χ3v) is 8.67. The predicted octanol–water partition coefficient (Wildman–Crippen LogP) is 6.66. The van der Waals surface area contributed by atoms with Crippen LogP contribution in [0.3, 0.4) is 0 Å². The molecule has 24 heavy (non-hydrogen) atoms. The smallest absolute Gasteiger partial charge is 0.406 e. The lowest BCUT2D eigenvalue weighted by Gasteiger charge is -2.28. The quantitative estimate of drug-likeness (QED) is 0.373. The lowest BCUT2D eigenvalue weighted by Crippen LogP contribution is -2.20. The second kappa shape index (κ2) is 9.49. The number of hydrogen-bond acceptors (Lipinski definition) is 1. The Labute approximate surface area is 145 Å². The zero-order valence-electron chi connectivity index (χ0n) is 14.6. The first kappa shape index (κ1) is 19.4. The van der Waals surface area contributed by atoms with E-state index in [0.717, 1.165) is 0 Å². The summed E-state index contributed by atoms with van der Waals surface area (Å²) in [7, 11) is -0.552. The third-order valence-electron chi connectivity index (χ3n) is 5.15. The Kier molecular flexibility index (Phi) is 7.66. The van der Waals surface area contributed by atoms with Gasteiger partial charge in [-0.1, -0.05) is 69.3 Å². The van der Waals surface area contributed by atoms with Gasteiger partial charge in [-0.05, 0) is 36.5 Å². The number of rotatable bonds is 8. The van der Waals surface area contributed by atoms with E-state index in [4.69, 9.17) is 0 Å². The summed E-state index contributed by atoms with van der Waals surface area (Å²) in [5.41, 5.74) is 1.17. The van der Waals surface area contributed by atoms with Crippen molar-refractivity contribution in [1.82, 2.24) is 0 Å². The molecule has 0 radical (unpaired) electrons. The van der Waals surface area contributed by atoms with E-state index in [2.05, 4.69) is 11.7 Å². The van der Waals surface area contributed by atoms with Gasteiger partial charge in [0.1, 0.15) is 5.75 Å². The Bertz CT molecular complexity index is 464. The lowest BCUT2D eigenvalue weighted by atomic mass is 9.93. The molecule has 0 aliphatic carbocycles. The van der Waals surface area contributed by atoms with Gasteiger partial charge >= 0.3 is 6.36 Å². The Hall–Kier alpha value is -0.973. The van der Waals surface area contributed by atoms with Crippen LogP contribution in [0.25, 0.3) is 0 Å². The number of unbranched alkanes of at least 4 members (excludes halogenated alkanes) is 4. The highest BCUT2D eigenvalue weighted by atomic mass is 28.3. The highest BCUT2D eigenvalue weighted by molar-refractivity contribution is 6.59. The fraction of sp³-hybridized carbons (Fsp3) is 0.684. The van der Waals surface area contributed by atoms with Gasteiger partial charge in [-0.25, -0.2) is 0 Å². The summed E-state index contributed by atoms with van der Waals surface area (Å²) in [4.78, 5) is 0. The standard InChI is InChI=1S/C19H29F3OSi/c1-2-3-4-5-6-13-24-14-11-17(12-15-24)16-7-9-18(10-8-16)23-19(20,21)22/h7-10,17,24H,2-6,11-15H2,1H3. The molecule has 136 valence electrons. The zero-order chi connectivity index (χ0) is 17.4. The Balaban J connectivity index is 1.72. The summed E-state index contributed by atoms with van der Waals surface area (Å²) >= 11 is 0. The van der Waals surface area contributed by atoms with Crippen LogP contribution in [0.15, 0.2) is 24.3 Å². The van der Waals surface area contributed by atoms with Crippen molar-refractivity contribution in [1.29, 1.82) is 0 Å². The van der Waals surface area contributed by atoms with Crippen molar-refractivity contribution in [3.8, 4) is 5.75 Å². The van der Waals surface area contributed by atoms with Gasteiger partial charge in [-0.15, -0.1) is 13.2 Å². The summed E-state index contributed by atoms with van der Waals surface area (Å²) in [6, 6.07) is 10.8. The van der Waals surface area contributed by atoms with E-state index in [9.17, 15) is 13.2 Å². The van der Waals surface area contributed by atoms with E-state index in [1.807, 2.05) is 0 Å². The minimum absolute atomic E-state index is 0.124. The van der Waals surface area contributed by atoms with Gasteiger partial charge in [-0.3, -0.25) is 0 Å². The number of hydrogen-bond donors (Lipinski definition) is 0. The molecule has 5 heteroatoms. The first-order valence-corrected chi connectivity index (χ1v) is 11.8. The van der Waals surface area contributed by atoms with E-state index in [0.29, 0.717) is 5.92 Å². The molecule has 1 aromatic carbocycles. The van der Waals surface area contributed by atoms with E-state index in [1.165, 1.54) is 80.8 Å². The Morgan fingerprint density at radius 3 is 2.21 bits per heavy atom. The van der Waals surface area contributed by atoms with Crippen LogP contribution in [-0.4, -0.2) is 15.2 Å². The van der Waals surface area contributed by atoms with Crippen LogP contribution in [0, 0.1) is 0 Å².